The molecule has 1 heterocycles. The van der Waals surface area contributed by atoms with Crippen molar-refractivity contribution in [2.45, 2.75) is 323 Å². The van der Waals surface area contributed by atoms with E-state index in [1.807, 2.05) is 13.8 Å². The van der Waals surface area contributed by atoms with Gasteiger partial charge < -0.3 is 119 Å². The van der Waals surface area contributed by atoms with Crippen LogP contribution in [0.5, 0.6) is 0 Å². The van der Waals surface area contributed by atoms with Crippen LogP contribution in [-0.4, -0.2) is 265 Å². The lowest BCUT2D eigenvalue weighted by atomic mass is 10.00. The molecular formula is C82H142N17O26P. The summed E-state index contributed by atoms with van der Waals surface area (Å²) in [6.45, 7) is 29.5. The molecular weight excluding hydrogens is 1670 g/mol. The zero-order valence-electron chi connectivity index (χ0n) is 76.9. The van der Waals surface area contributed by atoms with Crippen LogP contribution in [0.15, 0.2) is 30.3 Å². The average Bonchev–Trinajstić information content (AvgIpc) is 1.11. The summed E-state index contributed by atoms with van der Waals surface area (Å²) < 4.78 is 51.9. The Morgan fingerprint density at radius 2 is 0.833 bits per heavy atom. The van der Waals surface area contributed by atoms with Crippen molar-refractivity contribution in [3.05, 3.63) is 35.9 Å². The molecule has 0 spiro atoms. The second kappa shape index (κ2) is 54.1. The zero-order valence-corrected chi connectivity index (χ0v) is 77.8. The zero-order chi connectivity index (χ0) is 95.7. The Morgan fingerprint density at radius 3 is 1.23 bits per heavy atom. The summed E-state index contributed by atoms with van der Waals surface area (Å²) in [4.78, 5) is 229. The molecule has 1 aromatic rings. The minimum atomic E-state index is -4.13. The minimum Gasteiger partial charge on any atom is -0.444 e. The van der Waals surface area contributed by atoms with E-state index in [2.05, 4.69) is 90.2 Å². The molecule has 43 nitrogen and oxygen atoms in total. The van der Waals surface area contributed by atoms with Gasteiger partial charge in [-0.3, -0.25) is 61.8 Å². The van der Waals surface area contributed by atoms with Gasteiger partial charge in [-0.1, -0.05) is 70.9 Å². The van der Waals surface area contributed by atoms with Gasteiger partial charge in [0.2, 0.25) is 65.0 Å². The van der Waals surface area contributed by atoms with Crippen molar-refractivity contribution in [2.75, 3.05) is 59.0 Å². The topological polar surface area (TPSA) is 600 Å². The van der Waals surface area contributed by atoms with Crippen molar-refractivity contribution in [3.63, 3.8) is 0 Å². The molecule has 16 amide bonds. The molecule has 2 unspecified atom stereocenters. The Morgan fingerprint density at radius 1 is 0.460 bits per heavy atom. The van der Waals surface area contributed by atoms with Gasteiger partial charge in [-0.25, -0.2) is 33.6 Å². The summed E-state index contributed by atoms with van der Waals surface area (Å²) in [5, 5.41) is 65.3. The number of nitrogens with one attached hydrogen (secondary N) is 17. The number of aliphatic hydroxyl groups excluding tert-OH is 2. The maximum Gasteiger partial charge on any atom is 0.407 e. The number of hydrogen-bond acceptors (Lipinski definition) is 26. The van der Waals surface area contributed by atoms with Crippen LogP contribution >= 0.6 is 7.75 Å². The fraction of sp³-hybridized carbons (Fsp3) is 0.732. The largest absolute Gasteiger partial charge is 0.444 e. The fourth-order valence-electron chi connectivity index (χ4n) is 11.4. The molecule has 0 saturated carbocycles. The third-order valence-corrected chi connectivity index (χ3v) is 19.0. The lowest BCUT2D eigenvalue weighted by Gasteiger charge is -2.29. The first kappa shape index (κ1) is 112. The van der Waals surface area contributed by atoms with E-state index in [9.17, 15) is 72.3 Å². The third-order valence-electron chi connectivity index (χ3n) is 17.4. The molecule has 2 rings (SSSR count). The van der Waals surface area contributed by atoms with Gasteiger partial charge in [0.05, 0.1) is 32.0 Å². The molecule has 0 aliphatic carbocycles. The van der Waals surface area contributed by atoms with Crippen LogP contribution < -0.4 is 90.2 Å². The molecule has 0 radical (unpaired) electrons. The van der Waals surface area contributed by atoms with E-state index >= 15 is 19.2 Å². The predicted octanol–water partition coefficient (Wildman–Crippen LogP) is 2.31. The first-order valence-corrected chi connectivity index (χ1v) is 44.1. The average molecular weight is 1810 g/mol. The Hall–Kier alpha value is -10.2. The highest BCUT2D eigenvalue weighted by Crippen LogP contribution is 2.44. The number of rotatable bonds is 39. The van der Waals surface area contributed by atoms with Gasteiger partial charge in [-0.15, -0.1) is 0 Å². The van der Waals surface area contributed by atoms with Crippen LogP contribution in [0.1, 0.15) is 222 Å². The monoisotopic (exact) mass is 1810 g/mol. The lowest BCUT2D eigenvalue weighted by Crippen LogP contribution is -2.62. The van der Waals surface area contributed by atoms with Gasteiger partial charge in [-0.05, 0) is 187 Å². The molecule has 1 aromatic carbocycles. The number of hydrogen-bond donors (Lipinski definition) is 19. The maximum absolute atomic E-state index is 15.5. The fourth-order valence-corrected chi connectivity index (χ4v) is 12.7. The molecule has 12 atom stereocenters. The van der Waals surface area contributed by atoms with Gasteiger partial charge >= 0.3 is 38.2 Å². The second-order valence-electron chi connectivity index (χ2n) is 35.7. The normalized spacial score (nSPS) is 19.5. The molecule has 0 bridgehead atoms. The third kappa shape index (κ3) is 48.5. The number of amides is 16. The molecule has 716 valence electrons. The van der Waals surface area contributed by atoms with Crippen molar-refractivity contribution in [1.29, 1.82) is 0 Å². The summed E-state index contributed by atoms with van der Waals surface area (Å²) in [5.74, 6) is -13.0. The molecule has 44 heteroatoms. The number of aliphatic hydroxyl groups is 2. The van der Waals surface area contributed by atoms with Crippen LogP contribution in [0.3, 0.4) is 0 Å². The van der Waals surface area contributed by atoms with Crippen LogP contribution in [0.4, 0.5) is 24.0 Å². The van der Waals surface area contributed by atoms with Gasteiger partial charge in [0.1, 0.15) is 88.4 Å². The van der Waals surface area contributed by atoms with E-state index in [0.29, 0.717) is 31.2 Å². The van der Waals surface area contributed by atoms with E-state index in [0.717, 1.165) is 13.8 Å². The summed E-state index contributed by atoms with van der Waals surface area (Å²) in [6, 6.07) is -9.91. The van der Waals surface area contributed by atoms with E-state index in [1.54, 1.807) is 148 Å². The van der Waals surface area contributed by atoms with E-state index in [4.69, 9.17) is 32.7 Å². The van der Waals surface area contributed by atoms with Gasteiger partial charge in [-0.2, -0.15) is 0 Å². The summed E-state index contributed by atoms with van der Waals surface area (Å²) in [7, 11) is -4.13. The Bertz CT molecular complexity index is 3770. The van der Waals surface area contributed by atoms with Crippen LogP contribution in [0.25, 0.3) is 0 Å². The van der Waals surface area contributed by atoms with Crippen molar-refractivity contribution in [3.8, 4) is 0 Å². The van der Waals surface area contributed by atoms with Crippen LogP contribution in [-0.2, 0) is 96.5 Å². The molecule has 126 heavy (non-hydrogen) atoms. The summed E-state index contributed by atoms with van der Waals surface area (Å²) in [6.07, 6.45) is -9.75. The van der Waals surface area contributed by atoms with Crippen LogP contribution in [0.2, 0.25) is 0 Å². The predicted molar refractivity (Wildman–Crippen MR) is 461 cm³/mol. The van der Waals surface area contributed by atoms with Crippen molar-refractivity contribution >= 4 is 103 Å². The van der Waals surface area contributed by atoms with Crippen molar-refractivity contribution < 1.29 is 124 Å². The molecule has 0 aromatic heterocycles. The van der Waals surface area contributed by atoms with Crippen LogP contribution in [0, 0.1) is 5.92 Å². The number of carbonyl (C=O) groups is 16. The van der Waals surface area contributed by atoms with Gasteiger partial charge in [0.25, 0.3) is 0 Å². The number of unbranched alkanes of at least 4 members (excludes halogenated alkanes) is 2. The molecule has 1 aliphatic rings. The smallest absolute Gasteiger partial charge is 0.407 e. The van der Waals surface area contributed by atoms with E-state index in [-0.39, 0.29) is 39.1 Å². The molecule has 1 fully saturated rings. The maximum atomic E-state index is 15.5. The minimum absolute atomic E-state index is 0.00574. The number of carbonyl (C=O) groups excluding carboxylic acids is 16. The highest BCUT2D eigenvalue weighted by Gasteiger charge is 2.40. The Balaban J connectivity index is 3.13. The van der Waals surface area contributed by atoms with Crippen molar-refractivity contribution in [1.82, 2.24) is 90.2 Å². The highest BCUT2D eigenvalue weighted by atomic mass is 31.2. The highest BCUT2D eigenvalue weighted by molar-refractivity contribution is 7.51. The number of ether oxygens (including phenoxy) is 5. The standard InChI is InChI=1S/C82H142N17O26P/c1-22-24-43-119-126(118,120-44-25-23-2)89-47-60(102)90-52(32-38-84-73(113)121-78(7,8)9)67(107)99-62(50(6)101)72(112)95-56(35-41-87-76(116)124-81(16,17)18)65(105)91-53-31-37-83-71(111)61(49(5)100)98-68(108)57(36-42-88-77(117)125-82(19,20)21)93-64(104)54(33-39-85-74(114)122-79(10,11)12)94-69(109)58(45-48(3)4)96-70(110)59(46-51-29-27-26-28-30-51)97-66(106)55(92-63(53)103)34-40-86-75(115)123-80(13,14)15/h26-30,48-50,52-59,61-62,100-101H,22-25,31-47H2,1-21H3,(H,83,111)(H,84,113)(H,85,114)(H,86,115)(H,87,116)(H,88,117)(H,89,118)(H,90,102)(H,91,105)(H,92,103)(H,93,104)(H,94,109)(H,95,112)(H,96,110)(H,97,106)(H,98,108)(H,99,107)/t49?,50?,52-,53-,54-,55-,56-,57-,58-,59+,61-,62-/m0/s1. The first-order chi connectivity index (χ1) is 58.4. The Labute approximate surface area is 738 Å². The number of alkyl carbamates (subject to hydrolysis) is 5. The SMILES string of the molecule is CCCCOP(=O)(NCC(=O)N[C@@H](CCNC(=O)OC(C)(C)C)C(=O)N[C@H](C(=O)N[C@@H](CCNC(=O)OC(C)(C)C)C(=O)N[C@H]1CCNC(=O)[C@H](C(C)O)NC(=O)[C@H](CCNC(=O)OC(C)(C)C)NC(=O)[C@H](CCNC(=O)OC(C)(C)C)NC(=O)[C@H](CC(C)C)NC(=O)[C@@H](Cc2ccccc2)NC(=O)[C@H](CCNC(=O)OC(C)(C)C)NC1=O)C(C)O)OCCCC. The first-order valence-electron chi connectivity index (χ1n) is 42.6. The van der Waals surface area contributed by atoms with Gasteiger partial charge in [0.15, 0.2) is 0 Å². The lowest BCUT2D eigenvalue weighted by molar-refractivity contribution is -0.137. The molecule has 1 aliphatic heterocycles. The van der Waals surface area contributed by atoms with Crippen molar-refractivity contribution in [2.24, 2.45) is 5.92 Å². The summed E-state index contributed by atoms with van der Waals surface area (Å²) >= 11 is 0. The Kier molecular flexibility index (Phi) is 48.0. The quantitative estimate of drug-likeness (QED) is 0.0255. The molecule has 1 saturated heterocycles. The van der Waals surface area contributed by atoms with E-state index in [1.165, 1.54) is 0 Å². The molecule has 19 N–H and O–H groups in total. The van der Waals surface area contributed by atoms with Gasteiger partial charge in [0, 0.05) is 45.7 Å². The second-order valence-corrected chi connectivity index (χ2v) is 37.5. The number of benzene rings is 1. The van der Waals surface area contributed by atoms with E-state index < -0.39 is 281 Å². The summed E-state index contributed by atoms with van der Waals surface area (Å²) in [5.41, 5.74) is -4.64.